The third-order valence-electron chi connectivity index (χ3n) is 0.984. The van der Waals surface area contributed by atoms with Crippen molar-refractivity contribution in [3.63, 3.8) is 0 Å². The Labute approximate surface area is 78.6 Å². The summed E-state index contributed by atoms with van der Waals surface area (Å²) in [4.78, 5) is 21.0. The van der Waals surface area contributed by atoms with Gasteiger partial charge in [-0.2, -0.15) is 0 Å². The average Bonchev–Trinajstić information content (AvgIpc) is 1.99. The molecule has 0 radical (unpaired) electrons. The molecule has 0 aliphatic carbocycles. The predicted octanol–water partition coefficient (Wildman–Crippen LogP) is -1.05. The second kappa shape index (κ2) is 5.96. The molecule has 0 aliphatic rings. The van der Waals surface area contributed by atoms with Gasteiger partial charge in [-0.1, -0.05) is 15.9 Å². The lowest BCUT2D eigenvalue weighted by Crippen LogP contribution is -2.42. The van der Waals surface area contributed by atoms with Crippen LogP contribution in [0.15, 0.2) is 0 Å². The molecule has 3 N–H and O–H groups in total. The zero-order valence-electron chi connectivity index (χ0n) is 6.63. The minimum atomic E-state index is -1.02. The molecule has 0 bridgehead atoms. The average molecular weight is 239 g/mol. The number of nitrogens with one attached hydrogen (secondary N) is 2. The monoisotopic (exact) mass is 238 g/mol. The Balaban J connectivity index is 3.50. The van der Waals surface area contributed by atoms with Crippen molar-refractivity contribution < 1.29 is 14.7 Å². The molecular weight excluding hydrogens is 228 g/mol. The van der Waals surface area contributed by atoms with E-state index in [1.165, 1.54) is 6.92 Å². The number of hydrogen-bond donors (Lipinski definition) is 3. The summed E-state index contributed by atoms with van der Waals surface area (Å²) in [7, 11) is 0. The van der Waals surface area contributed by atoms with Crippen LogP contribution in [0.2, 0.25) is 0 Å². The van der Waals surface area contributed by atoms with Crippen molar-refractivity contribution in [2.45, 2.75) is 13.2 Å². The van der Waals surface area contributed by atoms with E-state index in [1.807, 2.05) is 0 Å². The molecule has 0 spiro atoms. The van der Waals surface area contributed by atoms with E-state index in [4.69, 9.17) is 5.11 Å². The lowest BCUT2D eigenvalue weighted by Gasteiger charge is -2.11. The van der Waals surface area contributed by atoms with Gasteiger partial charge in [0.15, 0.2) is 0 Å². The number of hydrogen-bond acceptors (Lipinski definition) is 3. The Hall–Kier alpha value is -0.620. The van der Waals surface area contributed by atoms with E-state index in [0.29, 0.717) is 0 Å². The molecule has 5 nitrogen and oxygen atoms in total. The molecule has 0 aromatic heterocycles. The SMILES string of the molecule is CC(=O)NC(O)CNC(=O)CBr. The Bertz CT molecular complexity index is 174. The topological polar surface area (TPSA) is 78.4 Å². The first-order valence-electron chi connectivity index (χ1n) is 3.34. The fourth-order valence-corrected chi connectivity index (χ4v) is 0.742. The first-order chi connectivity index (χ1) is 5.56. The number of aliphatic hydroxyl groups is 1. The Morgan fingerprint density at radius 1 is 1.58 bits per heavy atom. The second-order valence-electron chi connectivity index (χ2n) is 2.15. The largest absolute Gasteiger partial charge is 0.372 e. The number of aliphatic hydroxyl groups excluding tert-OH is 1. The molecule has 0 fully saturated rings. The Morgan fingerprint density at radius 2 is 2.17 bits per heavy atom. The maximum atomic E-state index is 10.6. The van der Waals surface area contributed by atoms with Crippen LogP contribution in [0.5, 0.6) is 0 Å². The maximum Gasteiger partial charge on any atom is 0.230 e. The highest BCUT2D eigenvalue weighted by Gasteiger charge is 2.05. The first kappa shape index (κ1) is 11.4. The third kappa shape index (κ3) is 6.11. The van der Waals surface area contributed by atoms with Gasteiger partial charge in [-0.3, -0.25) is 9.59 Å². The molecule has 0 heterocycles. The summed E-state index contributed by atoms with van der Waals surface area (Å²) in [5.41, 5.74) is 0. The molecule has 0 aliphatic heterocycles. The van der Waals surface area contributed by atoms with Gasteiger partial charge in [-0.15, -0.1) is 0 Å². The molecule has 0 saturated carbocycles. The van der Waals surface area contributed by atoms with Crippen LogP contribution < -0.4 is 10.6 Å². The van der Waals surface area contributed by atoms with Crippen molar-refractivity contribution in [1.82, 2.24) is 10.6 Å². The Morgan fingerprint density at radius 3 is 2.58 bits per heavy atom. The van der Waals surface area contributed by atoms with E-state index in [9.17, 15) is 9.59 Å². The summed E-state index contributed by atoms with van der Waals surface area (Å²) in [5, 5.41) is 13.8. The summed E-state index contributed by atoms with van der Waals surface area (Å²) >= 11 is 2.93. The first-order valence-corrected chi connectivity index (χ1v) is 4.46. The van der Waals surface area contributed by atoms with Crippen LogP contribution in [0.25, 0.3) is 0 Å². The molecule has 70 valence electrons. The number of halogens is 1. The van der Waals surface area contributed by atoms with Crippen molar-refractivity contribution >= 4 is 27.7 Å². The lowest BCUT2D eigenvalue weighted by molar-refractivity contribution is -0.123. The van der Waals surface area contributed by atoms with Crippen LogP contribution in [-0.4, -0.2) is 35.0 Å². The minimum Gasteiger partial charge on any atom is -0.372 e. The molecule has 6 heteroatoms. The highest BCUT2D eigenvalue weighted by molar-refractivity contribution is 9.09. The molecular formula is C6H11BrN2O3. The van der Waals surface area contributed by atoms with Crippen LogP contribution >= 0.6 is 15.9 Å². The van der Waals surface area contributed by atoms with Crippen molar-refractivity contribution in [2.75, 3.05) is 11.9 Å². The summed E-state index contributed by atoms with van der Waals surface area (Å²) in [6.07, 6.45) is -1.02. The molecule has 12 heavy (non-hydrogen) atoms. The van der Waals surface area contributed by atoms with Crippen molar-refractivity contribution in [2.24, 2.45) is 0 Å². The summed E-state index contributed by atoms with van der Waals surface area (Å²) in [6.45, 7) is 1.31. The standard InChI is InChI=1S/C6H11BrN2O3/c1-4(10)9-6(12)3-8-5(11)2-7/h6,12H,2-3H2,1H3,(H,8,11)(H,9,10). The molecule has 1 atom stereocenters. The zero-order valence-corrected chi connectivity index (χ0v) is 8.22. The highest BCUT2D eigenvalue weighted by atomic mass is 79.9. The zero-order chi connectivity index (χ0) is 9.56. The quantitative estimate of drug-likeness (QED) is 0.432. The van der Waals surface area contributed by atoms with Gasteiger partial charge < -0.3 is 15.7 Å². The van der Waals surface area contributed by atoms with E-state index >= 15 is 0 Å². The van der Waals surface area contributed by atoms with E-state index in [-0.39, 0.29) is 23.7 Å². The summed E-state index contributed by atoms with van der Waals surface area (Å²) in [5.74, 6) is -0.574. The second-order valence-corrected chi connectivity index (χ2v) is 2.71. The van der Waals surface area contributed by atoms with E-state index < -0.39 is 6.23 Å². The van der Waals surface area contributed by atoms with Crippen molar-refractivity contribution in [3.8, 4) is 0 Å². The third-order valence-corrected chi connectivity index (χ3v) is 1.49. The van der Waals surface area contributed by atoms with Gasteiger partial charge in [0.1, 0.15) is 6.23 Å². The molecule has 0 aromatic rings. The highest BCUT2D eigenvalue weighted by Crippen LogP contribution is 1.79. The summed E-state index contributed by atoms with van der Waals surface area (Å²) < 4.78 is 0. The molecule has 1 unspecified atom stereocenters. The minimum absolute atomic E-state index is 0.0179. The van der Waals surface area contributed by atoms with E-state index in [1.54, 1.807) is 0 Å². The van der Waals surface area contributed by atoms with Gasteiger partial charge in [-0.25, -0.2) is 0 Å². The Kier molecular flexibility index (Phi) is 5.65. The van der Waals surface area contributed by atoms with E-state index in [2.05, 4.69) is 26.6 Å². The molecule has 0 rings (SSSR count). The van der Waals surface area contributed by atoms with Gasteiger partial charge in [-0.05, 0) is 0 Å². The number of alkyl halides is 1. The van der Waals surface area contributed by atoms with Gasteiger partial charge in [0.25, 0.3) is 0 Å². The van der Waals surface area contributed by atoms with Crippen LogP contribution in [0.4, 0.5) is 0 Å². The van der Waals surface area contributed by atoms with E-state index in [0.717, 1.165) is 0 Å². The lowest BCUT2D eigenvalue weighted by atomic mass is 10.5. The van der Waals surface area contributed by atoms with Gasteiger partial charge in [0.05, 0.1) is 11.9 Å². The molecule has 0 saturated heterocycles. The maximum absolute atomic E-state index is 10.6. The molecule has 2 amide bonds. The van der Waals surface area contributed by atoms with Gasteiger partial charge >= 0.3 is 0 Å². The summed E-state index contributed by atoms with van der Waals surface area (Å²) in [6, 6.07) is 0. The van der Waals surface area contributed by atoms with Crippen molar-refractivity contribution in [3.05, 3.63) is 0 Å². The smallest absolute Gasteiger partial charge is 0.230 e. The fraction of sp³-hybridized carbons (Fsp3) is 0.667. The number of carbonyl (C=O) groups excluding carboxylic acids is 2. The number of rotatable bonds is 4. The van der Waals surface area contributed by atoms with Crippen molar-refractivity contribution in [1.29, 1.82) is 0 Å². The normalized spacial score (nSPS) is 11.9. The molecule has 0 aromatic carbocycles. The van der Waals surface area contributed by atoms with Gasteiger partial charge in [0, 0.05) is 6.92 Å². The van der Waals surface area contributed by atoms with Gasteiger partial charge in [0.2, 0.25) is 11.8 Å². The van der Waals surface area contributed by atoms with Crippen LogP contribution in [0.1, 0.15) is 6.92 Å². The van der Waals surface area contributed by atoms with Crippen LogP contribution in [-0.2, 0) is 9.59 Å². The predicted molar refractivity (Wildman–Crippen MR) is 46.6 cm³/mol. The number of carbonyl (C=O) groups is 2. The number of amides is 2. The van der Waals surface area contributed by atoms with Crippen LogP contribution in [0.3, 0.4) is 0 Å². The van der Waals surface area contributed by atoms with Crippen LogP contribution in [0, 0.1) is 0 Å². The fourth-order valence-electron chi connectivity index (χ4n) is 0.543.